The third-order valence-electron chi connectivity index (χ3n) is 3.36. The van der Waals surface area contributed by atoms with Crippen LogP contribution in [-0.2, 0) is 14.8 Å². The summed E-state index contributed by atoms with van der Waals surface area (Å²) in [7, 11) is -3.44. The van der Waals surface area contributed by atoms with Crippen LogP contribution >= 0.6 is 0 Å². The molecule has 1 fully saturated rings. The molecule has 1 aromatic carbocycles. The van der Waals surface area contributed by atoms with Crippen LogP contribution < -0.4 is 5.73 Å². The Hall–Kier alpha value is -2.16. The summed E-state index contributed by atoms with van der Waals surface area (Å²) in [5.41, 5.74) is 6.21. The van der Waals surface area contributed by atoms with Crippen molar-refractivity contribution in [2.75, 3.05) is 13.1 Å². The Morgan fingerprint density at radius 3 is 2.04 bits per heavy atom. The Morgan fingerprint density at radius 1 is 1.24 bits per heavy atom. The molecular weight excluding hydrogens is 363 g/mol. The number of rotatable bonds is 2. The number of halogens is 3. The van der Waals surface area contributed by atoms with Crippen molar-refractivity contribution in [1.29, 1.82) is 5.26 Å². The molecule has 0 atom stereocenters. The first-order chi connectivity index (χ1) is 11.5. The number of nitrogens with zero attached hydrogens (tertiary/aromatic N) is 2. The molecule has 1 heterocycles. The Balaban J connectivity index is 0.000000381. The van der Waals surface area contributed by atoms with Gasteiger partial charge in [-0.2, -0.15) is 22.7 Å². The number of nitriles is 1. The van der Waals surface area contributed by atoms with Gasteiger partial charge in [0.1, 0.15) is 0 Å². The zero-order valence-electron chi connectivity index (χ0n) is 12.9. The van der Waals surface area contributed by atoms with Crippen LogP contribution in [-0.4, -0.2) is 49.1 Å². The highest BCUT2D eigenvalue weighted by molar-refractivity contribution is 7.89. The summed E-state index contributed by atoms with van der Waals surface area (Å²) in [5, 5.41) is 15.8. The van der Waals surface area contributed by atoms with Crippen LogP contribution in [0.3, 0.4) is 0 Å². The molecule has 1 aromatic rings. The molecule has 25 heavy (non-hydrogen) atoms. The maximum absolute atomic E-state index is 12.3. The van der Waals surface area contributed by atoms with Gasteiger partial charge in [-0.25, -0.2) is 13.2 Å². The van der Waals surface area contributed by atoms with Gasteiger partial charge in [-0.1, -0.05) is 0 Å². The monoisotopic (exact) mass is 379 g/mol. The van der Waals surface area contributed by atoms with Crippen molar-refractivity contribution in [1.82, 2.24) is 4.31 Å². The quantitative estimate of drug-likeness (QED) is 0.798. The van der Waals surface area contributed by atoms with Crippen LogP contribution in [0.5, 0.6) is 0 Å². The lowest BCUT2D eigenvalue weighted by Gasteiger charge is -2.29. The second-order valence-electron chi connectivity index (χ2n) is 5.18. The van der Waals surface area contributed by atoms with E-state index in [1.807, 2.05) is 6.07 Å². The zero-order chi connectivity index (χ0) is 19.3. The molecule has 3 N–H and O–H groups in total. The molecule has 1 saturated heterocycles. The number of nitrogens with two attached hydrogens (primary N) is 1. The molecule has 0 radical (unpaired) electrons. The topological polar surface area (TPSA) is 124 Å². The standard InChI is InChI=1S/C12H15N3O2S.C2HF3O2/c13-9-10-1-3-12(4-2-10)18(16,17)15-7-5-11(14)6-8-15;3-2(4,5)1(6)7/h1-4,11H,5-8,14H2;(H,6,7). The number of piperidine rings is 1. The van der Waals surface area contributed by atoms with E-state index >= 15 is 0 Å². The number of sulfonamides is 1. The van der Waals surface area contributed by atoms with E-state index in [0.717, 1.165) is 0 Å². The maximum atomic E-state index is 12.3. The number of alkyl halides is 3. The summed E-state index contributed by atoms with van der Waals surface area (Å²) in [6.07, 6.45) is -3.70. The van der Waals surface area contributed by atoms with Gasteiger partial charge < -0.3 is 10.8 Å². The zero-order valence-corrected chi connectivity index (χ0v) is 13.7. The van der Waals surface area contributed by atoms with E-state index in [0.29, 0.717) is 31.5 Å². The minimum atomic E-state index is -5.08. The van der Waals surface area contributed by atoms with Crippen LogP contribution in [0.25, 0.3) is 0 Å². The van der Waals surface area contributed by atoms with Crippen LogP contribution in [0.2, 0.25) is 0 Å². The van der Waals surface area contributed by atoms with Crippen molar-refractivity contribution < 1.29 is 31.5 Å². The molecule has 138 valence electrons. The van der Waals surface area contributed by atoms with Crippen LogP contribution in [0.4, 0.5) is 13.2 Å². The van der Waals surface area contributed by atoms with E-state index in [-0.39, 0.29) is 10.9 Å². The highest BCUT2D eigenvalue weighted by Gasteiger charge is 2.38. The lowest BCUT2D eigenvalue weighted by atomic mass is 10.1. The summed E-state index contributed by atoms with van der Waals surface area (Å²) in [6, 6.07) is 8.04. The molecule has 0 saturated carbocycles. The fourth-order valence-electron chi connectivity index (χ4n) is 1.97. The van der Waals surface area contributed by atoms with E-state index in [4.69, 9.17) is 20.9 Å². The van der Waals surface area contributed by atoms with Gasteiger partial charge in [0, 0.05) is 19.1 Å². The van der Waals surface area contributed by atoms with Crippen molar-refractivity contribution in [2.45, 2.75) is 30.0 Å². The second-order valence-corrected chi connectivity index (χ2v) is 7.12. The Bertz CT molecular complexity index is 734. The Labute approximate surface area is 142 Å². The lowest BCUT2D eigenvalue weighted by Crippen LogP contribution is -2.42. The number of benzene rings is 1. The average Bonchev–Trinajstić information content (AvgIpc) is 2.55. The largest absolute Gasteiger partial charge is 0.490 e. The fraction of sp³-hybridized carbons (Fsp3) is 0.429. The number of hydrogen-bond acceptors (Lipinski definition) is 5. The number of hydrogen-bond donors (Lipinski definition) is 2. The SMILES string of the molecule is N#Cc1ccc(S(=O)(=O)N2CCC(N)CC2)cc1.O=C(O)C(F)(F)F. The highest BCUT2D eigenvalue weighted by atomic mass is 32.2. The van der Waals surface area contributed by atoms with E-state index < -0.39 is 22.2 Å². The minimum absolute atomic E-state index is 0.0948. The molecule has 2 rings (SSSR count). The van der Waals surface area contributed by atoms with Gasteiger partial charge in [0.05, 0.1) is 16.5 Å². The van der Waals surface area contributed by atoms with Crippen molar-refractivity contribution in [3.63, 3.8) is 0 Å². The molecule has 0 amide bonds. The normalized spacial score (nSPS) is 16.4. The Kier molecular flexibility index (Phi) is 6.92. The van der Waals surface area contributed by atoms with Crippen molar-refractivity contribution in [2.24, 2.45) is 5.73 Å². The van der Waals surface area contributed by atoms with Gasteiger partial charge in [-0.05, 0) is 37.1 Å². The minimum Gasteiger partial charge on any atom is -0.475 e. The fourth-order valence-corrected chi connectivity index (χ4v) is 3.44. The van der Waals surface area contributed by atoms with Gasteiger partial charge in [0.25, 0.3) is 0 Å². The first kappa shape index (κ1) is 20.9. The molecule has 1 aliphatic heterocycles. The van der Waals surface area contributed by atoms with Crippen LogP contribution in [0, 0.1) is 11.3 Å². The predicted octanol–water partition coefficient (Wildman–Crippen LogP) is 1.30. The third-order valence-corrected chi connectivity index (χ3v) is 5.28. The third kappa shape index (κ3) is 6.00. The van der Waals surface area contributed by atoms with E-state index in [2.05, 4.69) is 0 Å². The molecule has 0 bridgehead atoms. The van der Waals surface area contributed by atoms with Crippen LogP contribution in [0.15, 0.2) is 29.2 Å². The number of carboxylic acid groups (broad SMARTS) is 1. The summed E-state index contributed by atoms with van der Waals surface area (Å²) in [6.45, 7) is 0.924. The van der Waals surface area contributed by atoms with Crippen LogP contribution in [0.1, 0.15) is 18.4 Å². The maximum Gasteiger partial charge on any atom is 0.490 e. The Morgan fingerprint density at radius 2 is 1.68 bits per heavy atom. The van der Waals surface area contributed by atoms with Gasteiger partial charge in [-0.15, -0.1) is 0 Å². The summed E-state index contributed by atoms with van der Waals surface area (Å²) >= 11 is 0. The smallest absolute Gasteiger partial charge is 0.475 e. The average molecular weight is 379 g/mol. The molecule has 1 aliphatic rings. The van der Waals surface area contributed by atoms with E-state index in [1.165, 1.54) is 28.6 Å². The summed E-state index contributed by atoms with van der Waals surface area (Å²) < 4.78 is 57.8. The van der Waals surface area contributed by atoms with Gasteiger partial charge in [-0.3, -0.25) is 0 Å². The molecule has 0 spiro atoms. The first-order valence-electron chi connectivity index (χ1n) is 7.04. The summed E-state index contributed by atoms with van der Waals surface area (Å²) in [4.78, 5) is 9.13. The van der Waals surface area contributed by atoms with Gasteiger partial charge in [0.2, 0.25) is 10.0 Å². The molecule has 11 heteroatoms. The molecular formula is C14H16F3N3O4S. The van der Waals surface area contributed by atoms with Crippen molar-refractivity contribution in [3.05, 3.63) is 29.8 Å². The molecule has 0 unspecified atom stereocenters. The number of aliphatic carboxylic acids is 1. The molecule has 0 aromatic heterocycles. The van der Waals surface area contributed by atoms with Crippen molar-refractivity contribution >= 4 is 16.0 Å². The van der Waals surface area contributed by atoms with Gasteiger partial charge >= 0.3 is 12.1 Å². The predicted molar refractivity (Wildman–Crippen MR) is 80.8 cm³/mol. The van der Waals surface area contributed by atoms with E-state index in [9.17, 15) is 21.6 Å². The highest BCUT2D eigenvalue weighted by Crippen LogP contribution is 2.20. The number of carbonyl (C=O) groups is 1. The number of carboxylic acids is 1. The molecule has 0 aliphatic carbocycles. The van der Waals surface area contributed by atoms with Crippen molar-refractivity contribution in [3.8, 4) is 6.07 Å². The molecule has 7 nitrogen and oxygen atoms in total. The summed E-state index contributed by atoms with van der Waals surface area (Å²) in [5.74, 6) is -2.76. The lowest BCUT2D eigenvalue weighted by molar-refractivity contribution is -0.192. The van der Waals surface area contributed by atoms with E-state index in [1.54, 1.807) is 0 Å². The van der Waals surface area contributed by atoms with Gasteiger partial charge in [0.15, 0.2) is 0 Å². The second kappa shape index (κ2) is 8.28. The first-order valence-corrected chi connectivity index (χ1v) is 8.48.